The first kappa shape index (κ1) is 12.8. The minimum atomic E-state index is -2.07. The van der Waals surface area contributed by atoms with Crippen LogP contribution in [0, 0.1) is 0 Å². The average Bonchev–Trinajstić information content (AvgIpc) is 2.27. The predicted octanol–water partition coefficient (Wildman–Crippen LogP) is 3.23. The van der Waals surface area contributed by atoms with Crippen molar-refractivity contribution in [1.29, 1.82) is 0 Å². The van der Waals surface area contributed by atoms with Crippen LogP contribution in [0.1, 0.15) is 30.1 Å². The summed E-state index contributed by atoms with van der Waals surface area (Å²) in [5, 5.41) is 0.348. The highest BCUT2D eigenvalue weighted by Gasteiger charge is 2.26. The SMILES string of the molecule is CCCC(=O)C(F)C(=O)c1cccc(Cl)c1. The Morgan fingerprint density at radius 3 is 2.69 bits per heavy atom. The Hall–Kier alpha value is -1.22. The highest BCUT2D eigenvalue weighted by molar-refractivity contribution is 6.31. The van der Waals surface area contributed by atoms with E-state index in [-0.39, 0.29) is 12.0 Å². The number of hydrogen-bond donors (Lipinski definition) is 0. The molecule has 0 aromatic heterocycles. The van der Waals surface area contributed by atoms with E-state index in [1.54, 1.807) is 19.1 Å². The quantitative estimate of drug-likeness (QED) is 0.587. The molecule has 1 unspecified atom stereocenters. The van der Waals surface area contributed by atoms with Crippen LogP contribution in [0.15, 0.2) is 24.3 Å². The van der Waals surface area contributed by atoms with Gasteiger partial charge in [0.1, 0.15) is 0 Å². The second-order valence-corrected chi connectivity index (χ2v) is 3.89. The van der Waals surface area contributed by atoms with Crippen molar-refractivity contribution in [3.8, 4) is 0 Å². The number of halogens is 2. The predicted molar refractivity (Wildman–Crippen MR) is 60.6 cm³/mol. The number of Topliss-reactive ketones (excluding diaryl/α,β-unsaturated/α-hetero) is 2. The maximum atomic E-state index is 13.5. The molecule has 4 heteroatoms. The number of carbonyl (C=O) groups excluding carboxylic acids is 2. The van der Waals surface area contributed by atoms with E-state index in [1.165, 1.54) is 12.1 Å². The van der Waals surface area contributed by atoms with E-state index in [0.717, 1.165) is 0 Å². The van der Waals surface area contributed by atoms with Gasteiger partial charge in [-0.25, -0.2) is 4.39 Å². The maximum Gasteiger partial charge on any atom is 0.220 e. The molecular formula is C12H12ClFO2. The molecule has 16 heavy (non-hydrogen) atoms. The highest BCUT2D eigenvalue weighted by Crippen LogP contribution is 2.14. The summed E-state index contributed by atoms with van der Waals surface area (Å²) in [5.41, 5.74) is 0.129. The smallest absolute Gasteiger partial charge is 0.220 e. The van der Waals surface area contributed by atoms with Gasteiger partial charge in [0.05, 0.1) is 0 Å². The number of ketones is 2. The standard InChI is InChI=1S/C12H12ClFO2/c1-2-4-10(15)11(14)12(16)8-5-3-6-9(13)7-8/h3,5-7,11H,2,4H2,1H3. The van der Waals surface area contributed by atoms with Crippen LogP contribution in [0.2, 0.25) is 5.02 Å². The molecule has 0 aliphatic carbocycles. The first-order chi connectivity index (χ1) is 7.56. The van der Waals surface area contributed by atoms with Gasteiger partial charge in [-0.15, -0.1) is 0 Å². The lowest BCUT2D eigenvalue weighted by atomic mass is 10.0. The maximum absolute atomic E-state index is 13.5. The Kier molecular flexibility index (Phi) is 4.62. The Morgan fingerprint density at radius 2 is 2.12 bits per heavy atom. The van der Waals surface area contributed by atoms with Crippen LogP contribution in [0.5, 0.6) is 0 Å². The summed E-state index contributed by atoms with van der Waals surface area (Å²) in [6.45, 7) is 1.76. The first-order valence-corrected chi connectivity index (χ1v) is 5.40. The van der Waals surface area contributed by atoms with Crippen molar-refractivity contribution >= 4 is 23.2 Å². The zero-order valence-corrected chi connectivity index (χ0v) is 9.63. The number of alkyl halides is 1. The Labute approximate surface area is 98.4 Å². The third-order valence-corrected chi connectivity index (χ3v) is 2.35. The molecule has 1 aromatic rings. The van der Waals surface area contributed by atoms with Crippen LogP contribution in [-0.2, 0) is 4.79 Å². The van der Waals surface area contributed by atoms with E-state index in [4.69, 9.17) is 11.6 Å². The summed E-state index contributed by atoms with van der Waals surface area (Å²) < 4.78 is 13.5. The largest absolute Gasteiger partial charge is 0.296 e. The lowest BCUT2D eigenvalue weighted by Crippen LogP contribution is -2.25. The van der Waals surface area contributed by atoms with Gasteiger partial charge in [-0.2, -0.15) is 0 Å². The molecule has 0 fully saturated rings. The number of carbonyl (C=O) groups is 2. The number of rotatable bonds is 5. The van der Waals surface area contributed by atoms with Crippen LogP contribution in [0.4, 0.5) is 4.39 Å². The fourth-order valence-electron chi connectivity index (χ4n) is 1.31. The fourth-order valence-corrected chi connectivity index (χ4v) is 1.50. The summed E-state index contributed by atoms with van der Waals surface area (Å²) in [4.78, 5) is 22.8. The van der Waals surface area contributed by atoms with Gasteiger partial charge in [0, 0.05) is 17.0 Å². The highest BCUT2D eigenvalue weighted by atomic mass is 35.5. The zero-order chi connectivity index (χ0) is 12.1. The van der Waals surface area contributed by atoms with E-state index < -0.39 is 17.7 Å². The molecule has 2 nitrogen and oxygen atoms in total. The molecule has 0 heterocycles. The lowest BCUT2D eigenvalue weighted by Gasteiger charge is -2.05. The van der Waals surface area contributed by atoms with Crippen molar-refractivity contribution < 1.29 is 14.0 Å². The fraction of sp³-hybridized carbons (Fsp3) is 0.333. The Balaban J connectivity index is 2.82. The van der Waals surface area contributed by atoms with Crippen molar-refractivity contribution in [3.05, 3.63) is 34.9 Å². The third kappa shape index (κ3) is 3.14. The Bertz CT molecular complexity index is 404. The molecule has 0 amide bonds. The van der Waals surface area contributed by atoms with Crippen molar-refractivity contribution in [1.82, 2.24) is 0 Å². The molecule has 1 rings (SSSR count). The van der Waals surface area contributed by atoms with Crippen molar-refractivity contribution in [2.45, 2.75) is 25.9 Å². The molecule has 0 bridgehead atoms. The molecule has 0 aliphatic heterocycles. The minimum Gasteiger partial charge on any atom is -0.296 e. The molecule has 1 atom stereocenters. The number of benzene rings is 1. The molecule has 1 aromatic carbocycles. The van der Waals surface area contributed by atoms with Crippen LogP contribution in [0.3, 0.4) is 0 Å². The third-order valence-electron chi connectivity index (χ3n) is 2.12. The van der Waals surface area contributed by atoms with E-state index in [2.05, 4.69) is 0 Å². The van der Waals surface area contributed by atoms with Crippen LogP contribution < -0.4 is 0 Å². The van der Waals surface area contributed by atoms with E-state index >= 15 is 0 Å². The molecule has 86 valence electrons. The molecule has 0 spiro atoms. The molecule has 0 aliphatic rings. The summed E-state index contributed by atoms with van der Waals surface area (Å²) in [6, 6.07) is 5.93. The minimum absolute atomic E-state index is 0.0769. The molecule has 0 radical (unpaired) electrons. The normalized spacial score (nSPS) is 12.2. The van der Waals surface area contributed by atoms with Gasteiger partial charge in [-0.3, -0.25) is 9.59 Å². The monoisotopic (exact) mass is 242 g/mol. The van der Waals surface area contributed by atoms with E-state index in [9.17, 15) is 14.0 Å². The molecule has 0 N–H and O–H groups in total. The van der Waals surface area contributed by atoms with Gasteiger partial charge < -0.3 is 0 Å². The van der Waals surface area contributed by atoms with Gasteiger partial charge in [-0.05, 0) is 18.6 Å². The summed E-state index contributed by atoms with van der Waals surface area (Å²) in [6.07, 6.45) is -1.46. The van der Waals surface area contributed by atoms with Crippen LogP contribution in [0.25, 0.3) is 0 Å². The van der Waals surface area contributed by atoms with Gasteiger partial charge in [-0.1, -0.05) is 30.7 Å². The van der Waals surface area contributed by atoms with Gasteiger partial charge in [0.2, 0.25) is 12.0 Å². The van der Waals surface area contributed by atoms with Crippen molar-refractivity contribution in [2.75, 3.05) is 0 Å². The van der Waals surface area contributed by atoms with E-state index in [0.29, 0.717) is 11.4 Å². The summed E-state index contributed by atoms with van der Waals surface area (Å²) in [7, 11) is 0. The first-order valence-electron chi connectivity index (χ1n) is 5.02. The molecule has 0 saturated heterocycles. The summed E-state index contributed by atoms with van der Waals surface area (Å²) in [5.74, 6) is -1.49. The molecular weight excluding hydrogens is 231 g/mol. The molecule has 0 saturated carbocycles. The van der Waals surface area contributed by atoms with Gasteiger partial charge >= 0.3 is 0 Å². The second kappa shape index (κ2) is 5.75. The number of hydrogen-bond acceptors (Lipinski definition) is 2. The topological polar surface area (TPSA) is 34.1 Å². The van der Waals surface area contributed by atoms with Crippen LogP contribution in [-0.4, -0.2) is 17.7 Å². The van der Waals surface area contributed by atoms with Gasteiger partial charge in [0.25, 0.3) is 0 Å². The zero-order valence-electron chi connectivity index (χ0n) is 8.87. The van der Waals surface area contributed by atoms with E-state index in [1.807, 2.05) is 0 Å². The second-order valence-electron chi connectivity index (χ2n) is 3.45. The Morgan fingerprint density at radius 1 is 1.44 bits per heavy atom. The van der Waals surface area contributed by atoms with Crippen molar-refractivity contribution in [3.63, 3.8) is 0 Å². The summed E-state index contributed by atoms with van der Waals surface area (Å²) >= 11 is 5.67. The lowest BCUT2D eigenvalue weighted by molar-refractivity contribution is -0.122. The van der Waals surface area contributed by atoms with Gasteiger partial charge in [0.15, 0.2) is 5.78 Å². The van der Waals surface area contributed by atoms with Crippen molar-refractivity contribution in [2.24, 2.45) is 0 Å². The van der Waals surface area contributed by atoms with Crippen LogP contribution >= 0.6 is 11.6 Å². The average molecular weight is 243 g/mol.